The summed E-state index contributed by atoms with van der Waals surface area (Å²) in [5, 5.41) is 13.0. The molecule has 0 bridgehead atoms. The maximum Gasteiger partial charge on any atom is 0.139 e. The van der Waals surface area contributed by atoms with Crippen LogP contribution in [-0.4, -0.2) is 27.1 Å². The zero-order valence-electron chi connectivity index (χ0n) is 11.2. The van der Waals surface area contributed by atoms with Crippen molar-refractivity contribution < 1.29 is 5.11 Å². The molecule has 4 heteroatoms. The van der Waals surface area contributed by atoms with Crippen LogP contribution in [0.2, 0.25) is 0 Å². The molecule has 18 heavy (non-hydrogen) atoms. The van der Waals surface area contributed by atoms with Crippen molar-refractivity contribution in [2.24, 2.45) is 5.92 Å². The van der Waals surface area contributed by atoms with Gasteiger partial charge in [0.05, 0.1) is 18.0 Å². The Bertz CT molecular complexity index is 519. The first kappa shape index (κ1) is 13.1. The third-order valence-corrected chi connectivity index (χ3v) is 3.24. The summed E-state index contributed by atoms with van der Waals surface area (Å²) in [4.78, 5) is 4.41. The molecule has 0 aromatic carbocycles. The second kappa shape index (κ2) is 5.50. The van der Waals surface area contributed by atoms with Crippen molar-refractivity contribution in [1.29, 1.82) is 0 Å². The number of fused-ring (bicyclic) bond motifs is 1. The van der Waals surface area contributed by atoms with E-state index in [1.807, 2.05) is 32.3 Å². The molecule has 0 saturated carbocycles. The molecule has 0 saturated heterocycles. The summed E-state index contributed by atoms with van der Waals surface area (Å²) >= 11 is 0. The lowest BCUT2D eigenvalue weighted by Gasteiger charge is -2.14. The summed E-state index contributed by atoms with van der Waals surface area (Å²) < 4.78 is 2.09. The van der Waals surface area contributed by atoms with Gasteiger partial charge in [0.15, 0.2) is 0 Å². The maximum atomic E-state index is 9.73. The van der Waals surface area contributed by atoms with Gasteiger partial charge in [0.2, 0.25) is 0 Å². The number of pyridine rings is 1. The van der Waals surface area contributed by atoms with Crippen LogP contribution in [0.1, 0.15) is 25.1 Å². The average Bonchev–Trinajstić information content (AvgIpc) is 2.74. The van der Waals surface area contributed by atoms with E-state index in [0.29, 0.717) is 13.1 Å². The van der Waals surface area contributed by atoms with Gasteiger partial charge in [-0.1, -0.05) is 19.9 Å². The van der Waals surface area contributed by atoms with Gasteiger partial charge in [0.1, 0.15) is 5.65 Å². The van der Waals surface area contributed by atoms with Crippen LogP contribution in [0.4, 0.5) is 0 Å². The van der Waals surface area contributed by atoms with Gasteiger partial charge in [0, 0.05) is 19.3 Å². The molecule has 1 unspecified atom stereocenters. The molecule has 2 aromatic rings. The van der Waals surface area contributed by atoms with Crippen LogP contribution in [0.5, 0.6) is 0 Å². The highest BCUT2D eigenvalue weighted by Gasteiger charge is 2.09. The molecule has 0 aliphatic carbocycles. The number of imidazole rings is 1. The zero-order valence-corrected chi connectivity index (χ0v) is 11.2. The van der Waals surface area contributed by atoms with Gasteiger partial charge in [-0.2, -0.15) is 0 Å². The molecule has 2 heterocycles. The summed E-state index contributed by atoms with van der Waals surface area (Å²) in [6.45, 7) is 7.42. The fourth-order valence-corrected chi connectivity index (χ4v) is 1.92. The first-order valence-electron chi connectivity index (χ1n) is 6.40. The van der Waals surface area contributed by atoms with Crippen LogP contribution in [0.25, 0.3) is 5.65 Å². The minimum absolute atomic E-state index is 0.280. The molecule has 2 rings (SSSR count). The lowest BCUT2D eigenvalue weighted by molar-refractivity contribution is 0.123. The number of nitrogens with zero attached hydrogens (tertiary/aromatic N) is 2. The molecule has 1 atom stereocenters. The second-order valence-corrected chi connectivity index (χ2v) is 5.08. The molecule has 0 radical (unpaired) electrons. The largest absolute Gasteiger partial charge is 0.392 e. The van der Waals surface area contributed by atoms with Crippen LogP contribution in [0.15, 0.2) is 24.5 Å². The van der Waals surface area contributed by atoms with Gasteiger partial charge in [-0.3, -0.25) is 0 Å². The number of nitrogens with one attached hydrogen (secondary N) is 1. The molecular formula is C14H21N3O. The fourth-order valence-electron chi connectivity index (χ4n) is 1.92. The molecule has 98 valence electrons. The van der Waals surface area contributed by atoms with Crippen molar-refractivity contribution >= 4 is 5.65 Å². The number of aryl methyl sites for hydroxylation is 1. The Balaban J connectivity index is 2.02. The number of aliphatic hydroxyl groups excluding tert-OH is 1. The van der Waals surface area contributed by atoms with Crippen LogP contribution in [0, 0.1) is 12.8 Å². The molecule has 0 amide bonds. The summed E-state index contributed by atoms with van der Waals surface area (Å²) in [5.41, 5.74) is 3.29. The minimum atomic E-state index is -0.300. The first-order valence-corrected chi connectivity index (χ1v) is 6.40. The standard InChI is InChI=1S/C14H21N3O/c1-10(2)13(18)9-15-7-12-8-16-14-11(3)5-4-6-17(12)14/h4-6,8,10,13,15,18H,7,9H2,1-3H3. The minimum Gasteiger partial charge on any atom is -0.392 e. The van der Waals surface area contributed by atoms with Gasteiger partial charge in [0.25, 0.3) is 0 Å². The predicted molar refractivity (Wildman–Crippen MR) is 72.5 cm³/mol. The molecule has 4 nitrogen and oxygen atoms in total. The lowest BCUT2D eigenvalue weighted by atomic mass is 10.1. The molecule has 0 aliphatic rings. The predicted octanol–water partition coefficient (Wildman–Crippen LogP) is 1.75. The van der Waals surface area contributed by atoms with E-state index in [0.717, 1.165) is 11.3 Å². The van der Waals surface area contributed by atoms with E-state index in [1.165, 1.54) is 5.56 Å². The smallest absolute Gasteiger partial charge is 0.139 e. The Hall–Kier alpha value is -1.39. The van der Waals surface area contributed by atoms with Crippen molar-refractivity contribution in [3.63, 3.8) is 0 Å². The van der Waals surface area contributed by atoms with Crippen LogP contribution in [-0.2, 0) is 6.54 Å². The quantitative estimate of drug-likeness (QED) is 0.846. The van der Waals surface area contributed by atoms with E-state index in [1.54, 1.807) is 0 Å². The molecule has 2 N–H and O–H groups in total. The zero-order chi connectivity index (χ0) is 13.1. The lowest BCUT2D eigenvalue weighted by Crippen LogP contribution is -2.30. The van der Waals surface area contributed by atoms with Crippen LogP contribution < -0.4 is 5.32 Å². The molecule has 0 fully saturated rings. The fraction of sp³-hybridized carbons (Fsp3) is 0.500. The molecular weight excluding hydrogens is 226 g/mol. The van der Waals surface area contributed by atoms with Gasteiger partial charge in [-0.15, -0.1) is 0 Å². The third-order valence-electron chi connectivity index (χ3n) is 3.24. The van der Waals surface area contributed by atoms with E-state index in [2.05, 4.69) is 27.7 Å². The summed E-state index contributed by atoms with van der Waals surface area (Å²) in [7, 11) is 0. The Labute approximate surface area is 108 Å². The van der Waals surface area contributed by atoms with Gasteiger partial charge >= 0.3 is 0 Å². The monoisotopic (exact) mass is 247 g/mol. The first-order chi connectivity index (χ1) is 8.59. The van der Waals surface area contributed by atoms with Gasteiger partial charge in [-0.25, -0.2) is 4.98 Å². The Morgan fingerprint density at radius 1 is 1.44 bits per heavy atom. The van der Waals surface area contributed by atoms with E-state index in [-0.39, 0.29) is 12.0 Å². The van der Waals surface area contributed by atoms with Crippen LogP contribution >= 0.6 is 0 Å². The Morgan fingerprint density at radius 3 is 2.94 bits per heavy atom. The number of hydrogen-bond donors (Lipinski definition) is 2. The SMILES string of the molecule is Cc1cccn2c(CNCC(O)C(C)C)cnc12. The number of aromatic nitrogens is 2. The maximum absolute atomic E-state index is 9.73. The van der Waals surface area contributed by atoms with E-state index in [4.69, 9.17) is 0 Å². The highest BCUT2D eigenvalue weighted by molar-refractivity contribution is 5.48. The summed E-state index contributed by atoms with van der Waals surface area (Å²) in [5.74, 6) is 0.280. The molecule has 0 spiro atoms. The van der Waals surface area contributed by atoms with Crippen molar-refractivity contribution in [2.75, 3.05) is 6.54 Å². The third kappa shape index (κ3) is 2.71. The van der Waals surface area contributed by atoms with Gasteiger partial charge in [-0.05, 0) is 24.5 Å². The summed E-state index contributed by atoms with van der Waals surface area (Å²) in [6, 6.07) is 4.08. The van der Waals surface area contributed by atoms with Crippen molar-refractivity contribution in [3.8, 4) is 0 Å². The topological polar surface area (TPSA) is 49.6 Å². The van der Waals surface area contributed by atoms with Crippen LogP contribution in [0.3, 0.4) is 0 Å². The summed E-state index contributed by atoms with van der Waals surface area (Å²) in [6.07, 6.45) is 3.60. The normalized spacial score (nSPS) is 13.4. The Morgan fingerprint density at radius 2 is 2.22 bits per heavy atom. The molecule has 2 aromatic heterocycles. The van der Waals surface area contributed by atoms with Crippen molar-refractivity contribution in [3.05, 3.63) is 35.8 Å². The number of hydrogen-bond acceptors (Lipinski definition) is 3. The van der Waals surface area contributed by atoms with E-state index in [9.17, 15) is 5.11 Å². The van der Waals surface area contributed by atoms with E-state index >= 15 is 0 Å². The average molecular weight is 247 g/mol. The number of rotatable bonds is 5. The highest BCUT2D eigenvalue weighted by atomic mass is 16.3. The number of aliphatic hydroxyl groups is 1. The van der Waals surface area contributed by atoms with E-state index < -0.39 is 0 Å². The van der Waals surface area contributed by atoms with Gasteiger partial charge < -0.3 is 14.8 Å². The highest BCUT2D eigenvalue weighted by Crippen LogP contribution is 2.10. The second-order valence-electron chi connectivity index (χ2n) is 5.08. The Kier molecular flexibility index (Phi) is 3.99. The molecule has 0 aliphatic heterocycles. The van der Waals surface area contributed by atoms with Crippen molar-refractivity contribution in [1.82, 2.24) is 14.7 Å². The van der Waals surface area contributed by atoms with Crippen molar-refractivity contribution in [2.45, 2.75) is 33.4 Å².